The third-order valence-electron chi connectivity index (χ3n) is 3.22. The fraction of sp³-hybridized carbons (Fsp3) is 0.167. The van der Waals surface area contributed by atoms with E-state index < -0.39 is 0 Å². The standard InChI is InChI=1S/C18H19ClN2O2/c1-23-16-7-4-5-14(13-16)9-11-20-18(22)21-12-10-15-6-2-3-8-17(15)19/h2-8,10,12-13H,9,11H2,1H3,(H2,20,21,22)/b12-10+. The van der Waals surface area contributed by atoms with Crippen molar-refractivity contribution in [2.45, 2.75) is 6.42 Å². The lowest BCUT2D eigenvalue weighted by Crippen LogP contribution is -2.33. The Hall–Kier alpha value is -2.46. The van der Waals surface area contributed by atoms with Crippen LogP contribution in [0, 0.1) is 0 Å². The molecule has 0 atom stereocenters. The van der Waals surface area contributed by atoms with Crippen LogP contribution in [0.15, 0.2) is 54.7 Å². The number of amides is 2. The average Bonchev–Trinajstić information content (AvgIpc) is 2.57. The third-order valence-corrected chi connectivity index (χ3v) is 3.56. The molecule has 0 unspecified atom stereocenters. The minimum Gasteiger partial charge on any atom is -0.497 e. The SMILES string of the molecule is COc1cccc(CCNC(=O)N/C=C/c2ccccc2Cl)c1. The lowest BCUT2D eigenvalue weighted by atomic mass is 10.1. The van der Waals surface area contributed by atoms with E-state index in [0.717, 1.165) is 23.3 Å². The Morgan fingerprint density at radius 2 is 2.04 bits per heavy atom. The number of benzene rings is 2. The van der Waals surface area contributed by atoms with Crippen molar-refractivity contribution in [1.82, 2.24) is 10.6 Å². The van der Waals surface area contributed by atoms with Crippen LogP contribution in [-0.2, 0) is 6.42 Å². The van der Waals surface area contributed by atoms with Crippen molar-refractivity contribution in [2.24, 2.45) is 0 Å². The predicted molar refractivity (Wildman–Crippen MR) is 93.7 cm³/mol. The molecule has 120 valence electrons. The lowest BCUT2D eigenvalue weighted by molar-refractivity contribution is 0.244. The molecule has 0 spiro atoms. The van der Waals surface area contributed by atoms with E-state index in [2.05, 4.69) is 10.6 Å². The van der Waals surface area contributed by atoms with Gasteiger partial charge in [0.1, 0.15) is 5.75 Å². The minimum absolute atomic E-state index is 0.254. The highest BCUT2D eigenvalue weighted by Crippen LogP contribution is 2.15. The van der Waals surface area contributed by atoms with Crippen molar-refractivity contribution < 1.29 is 9.53 Å². The summed E-state index contributed by atoms with van der Waals surface area (Å²) in [6.45, 7) is 0.541. The van der Waals surface area contributed by atoms with Crippen LogP contribution in [0.5, 0.6) is 5.75 Å². The molecule has 0 radical (unpaired) electrons. The van der Waals surface area contributed by atoms with Gasteiger partial charge in [-0.25, -0.2) is 4.79 Å². The number of ether oxygens (including phenoxy) is 1. The molecule has 0 fully saturated rings. The van der Waals surface area contributed by atoms with E-state index in [4.69, 9.17) is 16.3 Å². The Bertz CT molecular complexity index is 686. The van der Waals surface area contributed by atoms with Gasteiger partial charge in [0.15, 0.2) is 0 Å². The first kappa shape index (κ1) is 16.9. The first-order valence-corrected chi connectivity index (χ1v) is 7.65. The molecule has 0 aliphatic carbocycles. The largest absolute Gasteiger partial charge is 0.497 e. The maximum atomic E-state index is 11.7. The highest BCUT2D eigenvalue weighted by molar-refractivity contribution is 6.32. The van der Waals surface area contributed by atoms with Crippen LogP contribution >= 0.6 is 11.6 Å². The van der Waals surface area contributed by atoms with Crippen LogP contribution < -0.4 is 15.4 Å². The molecular formula is C18H19ClN2O2. The van der Waals surface area contributed by atoms with Gasteiger partial charge in [-0.2, -0.15) is 0 Å². The van der Waals surface area contributed by atoms with Crippen molar-refractivity contribution in [3.63, 3.8) is 0 Å². The zero-order chi connectivity index (χ0) is 16.5. The number of nitrogens with one attached hydrogen (secondary N) is 2. The van der Waals surface area contributed by atoms with Crippen molar-refractivity contribution >= 4 is 23.7 Å². The number of carbonyl (C=O) groups is 1. The summed E-state index contributed by atoms with van der Waals surface area (Å²) in [5, 5.41) is 6.09. The van der Waals surface area contributed by atoms with E-state index in [1.807, 2.05) is 42.5 Å². The minimum atomic E-state index is -0.254. The van der Waals surface area contributed by atoms with Gasteiger partial charge in [-0.3, -0.25) is 0 Å². The van der Waals surface area contributed by atoms with Crippen LogP contribution in [-0.4, -0.2) is 19.7 Å². The topological polar surface area (TPSA) is 50.4 Å². The van der Waals surface area contributed by atoms with Crippen LogP contribution in [0.2, 0.25) is 5.02 Å². The van der Waals surface area contributed by atoms with E-state index in [0.29, 0.717) is 11.6 Å². The van der Waals surface area contributed by atoms with E-state index >= 15 is 0 Å². The summed E-state index contributed by atoms with van der Waals surface area (Å²) in [6.07, 6.45) is 4.06. The summed E-state index contributed by atoms with van der Waals surface area (Å²) in [7, 11) is 1.64. The van der Waals surface area contributed by atoms with Gasteiger partial charge in [0.2, 0.25) is 0 Å². The smallest absolute Gasteiger partial charge is 0.318 e. The maximum absolute atomic E-state index is 11.7. The van der Waals surface area contributed by atoms with Crippen LogP contribution in [0.25, 0.3) is 6.08 Å². The zero-order valence-corrected chi connectivity index (χ0v) is 13.6. The predicted octanol–water partition coefficient (Wildman–Crippen LogP) is 3.86. The molecule has 0 aliphatic rings. The first-order valence-electron chi connectivity index (χ1n) is 7.27. The summed E-state index contributed by atoms with van der Waals surface area (Å²) in [6, 6.07) is 14.9. The Labute approximate surface area is 141 Å². The fourth-order valence-corrected chi connectivity index (χ4v) is 2.22. The summed E-state index contributed by atoms with van der Waals surface area (Å²) >= 11 is 6.03. The highest BCUT2D eigenvalue weighted by Gasteiger charge is 1.99. The number of urea groups is 1. The molecule has 2 amide bonds. The third kappa shape index (κ3) is 5.68. The lowest BCUT2D eigenvalue weighted by Gasteiger charge is -2.06. The van der Waals surface area contributed by atoms with Crippen molar-refractivity contribution in [1.29, 1.82) is 0 Å². The molecular weight excluding hydrogens is 312 g/mol. The van der Waals surface area contributed by atoms with Gasteiger partial charge in [-0.05, 0) is 41.8 Å². The van der Waals surface area contributed by atoms with Crippen molar-refractivity contribution in [3.05, 3.63) is 70.9 Å². The quantitative estimate of drug-likeness (QED) is 0.845. The second-order valence-corrected chi connectivity index (χ2v) is 5.26. The molecule has 23 heavy (non-hydrogen) atoms. The van der Waals surface area contributed by atoms with Crippen LogP contribution in [0.3, 0.4) is 0 Å². The van der Waals surface area contributed by atoms with Crippen LogP contribution in [0.4, 0.5) is 4.79 Å². The molecule has 5 heteroatoms. The molecule has 0 bridgehead atoms. The average molecular weight is 331 g/mol. The number of halogens is 1. The molecule has 4 nitrogen and oxygen atoms in total. The number of hydrogen-bond acceptors (Lipinski definition) is 2. The summed E-state index contributed by atoms with van der Waals surface area (Å²) in [5.41, 5.74) is 1.96. The second-order valence-electron chi connectivity index (χ2n) is 4.86. The fourth-order valence-electron chi connectivity index (χ4n) is 2.02. The van der Waals surface area contributed by atoms with Crippen molar-refractivity contribution in [3.8, 4) is 5.75 Å². The Morgan fingerprint density at radius 1 is 1.22 bits per heavy atom. The van der Waals surface area contributed by atoms with E-state index in [1.54, 1.807) is 25.5 Å². The van der Waals surface area contributed by atoms with Crippen LogP contribution in [0.1, 0.15) is 11.1 Å². The molecule has 0 aromatic heterocycles. The van der Waals surface area contributed by atoms with E-state index in [-0.39, 0.29) is 6.03 Å². The second kappa shape index (κ2) is 8.86. The summed E-state index contributed by atoms with van der Waals surface area (Å²) in [4.78, 5) is 11.7. The van der Waals surface area contributed by atoms with Gasteiger partial charge in [0.05, 0.1) is 7.11 Å². The highest BCUT2D eigenvalue weighted by atomic mass is 35.5. The Kier molecular flexibility index (Phi) is 6.51. The van der Waals surface area contributed by atoms with Gasteiger partial charge in [-0.15, -0.1) is 0 Å². The molecule has 2 N–H and O–H groups in total. The van der Waals surface area contributed by atoms with Crippen molar-refractivity contribution in [2.75, 3.05) is 13.7 Å². The number of carbonyl (C=O) groups excluding carboxylic acids is 1. The number of hydrogen-bond donors (Lipinski definition) is 2. The normalized spacial score (nSPS) is 10.5. The molecule has 0 saturated heterocycles. The first-order chi connectivity index (χ1) is 11.2. The molecule has 0 aliphatic heterocycles. The summed E-state index contributed by atoms with van der Waals surface area (Å²) in [5.74, 6) is 0.814. The monoisotopic (exact) mass is 330 g/mol. The van der Waals surface area contributed by atoms with Gasteiger partial charge in [0, 0.05) is 17.8 Å². The van der Waals surface area contributed by atoms with Gasteiger partial charge in [-0.1, -0.05) is 41.9 Å². The zero-order valence-electron chi connectivity index (χ0n) is 12.9. The van der Waals surface area contributed by atoms with Gasteiger partial charge < -0.3 is 15.4 Å². The molecule has 0 heterocycles. The van der Waals surface area contributed by atoms with E-state index in [9.17, 15) is 4.79 Å². The number of rotatable bonds is 6. The van der Waals surface area contributed by atoms with Gasteiger partial charge >= 0.3 is 6.03 Å². The Morgan fingerprint density at radius 3 is 2.83 bits per heavy atom. The maximum Gasteiger partial charge on any atom is 0.318 e. The van der Waals surface area contributed by atoms with Gasteiger partial charge in [0.25, 0.3) is 0 Å². The summed E-state index contributed by atoms with van der Waals surface area (Å²) < 4.78 is 5.17. The molecule has 2 aromatic rings. The molecule has 0 saturated carbocycles. The Balaban J connectivity index is 1.74. The number of methoxy groups -OCH3 is 1. The molecule has 2 rings (SSSR count). The van der Waals surface area contributed by atoms with E-state index in [1.165, 1.54) is 0 Å². The molecule has 2 aromatic carbocycles.